The van der Waals surface area contributed by atoms with Gasteiger partial charge in [0.1, 0.15) is 45.7 Å². The van der Waals surface area contributed by atoms with E-state index in [0.717, 1.165) is 45.3 Å². The smallest absolute Gasteiger partial charge is 0.127 e. The van der Waals surface area contributed by atoms with Crippen LogP contribution in [0.3, 0.4) is 0 Å². The molecule has 7 heteroatoms. The Hall–Kier alpha value is -5.09. The first-order valence-corrected chi connectivity index (χ1v) is 18.6. The zero-order chi connectivity index (χ0) is 35.5. The van der Waals surface area contributed by atoms with Crippen molar-refractivity contribution in [2.75, 3.05) is 13.2 Å². The minimum Gasteiger partial charge on any atom is -0.494 e. The van der Waals surface area contributed by atoms with Gasteiger partial charge in [0.15, 0.2) is 0 Å². The molecule has 0 saturated heterocycles. The summed E-state index contributed by atoms with van der Waals surface area (Å²) in [7, 11) is 8.03. The van der Waals surface area contributed by atoms with E-state index in [1.165, 1.54) is 0 Å². The van der Waals surface area contributed by atoms with Gasteiger partial charge in [-0.05, 0) is 121 Å². The summed E-state index contributed by atoms with van der Waals surface area (Å²) in [6.45, 7) is 5.11. The maximum absolute atomic E-state index is 7.79. The molecule has 0 N–H and O–H groups in total. The molecule has 0 aromatic heterocycles. The molecule has 0 fully saturated rings. The van der Waals surface area contributed by atoms with Crippen LogP contribution in [0.5, 0.6) is 34.5 Å². The Balaban J connectivity index is 1.54. The van der Waals surface area contributed by atoms with Crippen molar-refractivity contribution in [2.45, 2.75) is 37.1 Å². The van der Waals surface area contributed by atoms with Crippen molar-refractivity contribution in [1.82, 2.24) is 0 Å². The van der Waals surface area contributed by atoms with Gasteiger partial charge in [0, 0.05) is 20.5 Å². The van der Waals surface area contributed by atoms with Crippen LogP contribution in [0.15, 0.2) is 158 Å². The Morgan fingerprint density at radius 1 is 0.392 bits per heavy atom. The average Bonchev–Trinajstić information content (AvgIpc) is 3.18. The van der Waals surface area contributed by atoms with E-state index in [1.54, 1.807) is 0 Å². The molecule has 2 atom stereocenters. The molecule has 6 aromatic rings. The highest BCUT2D eigenvalue weighted by molar-refractivity contribution is 6.10. The van der Waals surface area contributed by atoms with E-state index in [1.807, 2.05) is 123 Å². The standard InChI is InChI=1S/C44H40O5Si2/c1-3-45-37-25-21-33(22-26-37)43(31-50,35-13-11-19-41(29-35)47-39-15-7-5-8-16-39)49-44(32-51,34-23-27-38(28-24-34)46-4-2)36-14-12-20-42(30-36)48-40-17-9-6-10-18-40/h5-30H,3-4,31-32H2,1-2H3. The summed E-state index contributed by atoms with van der Waals surface area (Å²) < 4.78 is 32.2. The van der Waals surface area contributed by atoms with E-state index in [9.17, 15) is 0 Å². The summed E-state index contributed by atoms with van der Waals surface area (Å²) in [6, 6.07) is 52.8. The molecular weight excluding hydrogens is 665 g/mol. The second-order valence-corrected chi connectivity index (χ2v) is 12.6. The van der Waals surface area contributed by atoms with Gasteiger partial charge in [-0.2, -0.15) is 0 Å². The molecule has 0 aliphatic rings. The minimum atomic E-state index is -1.03. The maximum atomic E-state index is 7.79. The number of hydrogen-bond donors (Lipinski definition) is 0. The first kappa shape index (κ1) is 35.7. The molecule has 0 aliphatic carbocycles. The summed E-state index contributed by atoms with van der Waals surface area (Å²) in [5, 5.41) is 0. The SMILES string of the molecule is CCOc1ccc(C(C[Si])(OC(C[Si])(c2ccc(OCC)cc2)c2cccc(Oc3ccccc3)c2)c2cccc(Oc3ccccc3)c2)cc1. The molecule has 6 aromatic carbocycles. The second kappa shape index (κ2) is 16.7. The van der Waals surface area contributed by atoms with Crippen LogP contribution >= 0.6 is 0 Å². The molecule has 0 heterocycles. The third-order valence-corrected chi connectivity index (χ3v) is 9.66. The van der Waals surface area contributed by atoms with Crippen molar-refractivity contribution in [2.24, 2.45) is 0 Å². The number of rotatable bonds is 16. The van der Waals surface area contributed by atoms with Gasteiger partial charge in [-0.3, -0.25) is 0 Å². The molecule has 0 spiro atoms. The van der Waals surface area contributed by atoms with Crippen molar-refractivity contribution in [3.63, 3.8) is 0 Å². The van der Waals surface area contributed by atoms with E-state index >= 15 is 0 Å². The molecule has 51 heavy (non-hydrogen) atoms. The van der Waals surface area contributed by atoms with Crippen LogP contribution in [0.2, 0.25) is 12.1 Å². The van der Waals surface area contributed by atoms with E-state index in [2.05, 4.69) is 69.0 Å². The van der Waals surface area contributed by atoms with E-state index in [4.69, 9.17) is 23.7 Å². The summed E-state index contributed by atoms with van der Waals surface area (Å²) in [4.78, 5) is 0. The van der Waals surface area contributed by atoms with Crippen molar-refractivity contribution < 1.29 is 23.7 Å². The molecule has 6 rings (SSSR count). The van der Waals surface area contributed by atoms with Gasteiger partial charge in [0.25, 0.3) is 0 Å². The third-order valence-electron chi connectivity index (χ3n) is 8.67. The highest BCUT2D eigenvalue weighted by Crippen LogP contribution is 2.49. The fraction of sp³-hybridized carbons (Fsp3) is 0.182. The van der Waals surface area contributed by atoms with Gasteiger partial charge >= 0.3 is 0 Å². The van der Waals surface area contributed by atoms with Gasteiger partial charge in [-0.15, -0.1) is 0 Å². The Labute approximate surface area is 308 Å². The summed E-state index contributed by atoms with van der Waals surface area (Å²) in [6.07, 6.45) is 0. The van der Waals surface area contributed by atoms with Gasteiger partial charge in [0.05, 0.1) is 13.2 Å². The lowest BCUT2D eigenvalue weighted by atomic mass is 9.82. The number of ether oxygens (including phenoxy) is 5. The van der Waals surface area contributed by atoms with Gasteiger partial charge < -0.3 is 23.7 Å². The fourth-order valence-electron chi connectivity index (χ4n) is 6.19. The van der Waals surface area contributed by atoms with Crippen LogP contribution in [-0.4, -0.2) is 33.7 Å². The molecular formula is C44H40O5Si2. The number of hydrogen-bond acceptors (Lipinski definition) is 5. The van der Waals surface area contributed by atoms with Gasteiger partial charge in [0.2, 0.25) is 0 Å². The first-order chi connectivity index (χ1) is 25.0. The topological polar surface area (TPSA) is 46.2 Å². The third kappa shape index (κ3) is 8.12. The molecule has 254 valence electrons. The lowest BCUT2D eigenvalue weighted by molar-refractivity contribution is -0.106. The molecule has 0 saturated carbocycles. The molecule has 2 unspecified atom stereocenters. The predicted molar refractivity (Wildman–Crippen MR) is 205 cm³/mol. The van der Waals surface area contributed by atoms with Crippen LogP contribution < -0.4 is 18.9 Å². The van der Waals surface area contributed by atoms with Gasteiger partial charge in [-0.1, -0.05) is 84.9 Å². The normalized spacial score (nSPS) is 13.4. The summed E-state index contributed by atoms with van der Waals surface area (Å²) in [5.74, 6) is 4.46. The van der Waals surface area contributed by atoms with E-state index < -0.39 is 11.2 Å². The van der Waals surface area contributed by atoms with Crippen LogP contribution in [0.4, 0.5) is 0 Å². The fourth-order valence-corrected chi connectivity index (χ4v) is 7.15. The zero-order valence-corrected chi connectivity index (χ0v) is 30.9. The quantitative estimate of drug-likeness (QED) is 0.0939. The van der Waals surface area contributed by atoms with Crippen molar-refractivity contribution in [3.05, 3.63) is 180 Å². The van der Waals surface area contributed by atoms with E-state index in [-0.39, 0.29) is 0 Å². The lowest BCUT2D eigenvalue weighted by Crippen LogP contribution is -2.42. The van der Waals surface area contributed by atoms with Crippen molar-refractivity contribution >= 4 is 20.5 Å². The summed E-state index contributed by atoms with van der Waals surface area (Å²) >= 11 is 0. The highest BCUT2D eigenvalue weighted by atomic mass is 28.1. The molecule has 6 radical (unpaired) electrons. The van der Waals surface area contributed by atoms with Gasteiger partial charge in [-0.25, -0.2) is 0 Å². The lowest BCUT2D eigenvalue weighted by Gasteiger charge is -2.45. The monoisotopic (exact) mass is 704 g/mol. The Morgan fingerprint density at radius 3 is 1.12 bits per heavy atom. The first-order valence-electron chi connectivity index (χ1n) is 17.1. The predicted octanol–water partition coefficient (Wildman–Crippen LogP) is 10.4. The zero-order valence-electron chi connectivity index (χ0n) is 28.9. The molecule has 0 aliphatic heterocycles. The molecule has 0 amide bonds. The van der Waals surface area contributed by atoms with Crippen molar-refractivity contribution in [1.29, 1.82) is 0 Å². The Kier molecular flexibility index (Phi) is 11.7. The van der Waals surface area contributed by atoms with Crippen molar-refractivity contribution in [3.8, 4) is 34.5 Å². The second-order valence-electron chi connectivity index (χ2n) is 11.9. The van der Waals surface area contributed by atoms with Crippen LogP contribution in [0.25, 0.3) is 0 Å². The number of benzene rings is 6. The molecule has 0 bridgehead atoms. The number of para-hydroxylation sites is 2. The Bertz CT molecular complexity index is 1830. The highest BCUT2D eigenvalue weighted by Gasteiger charge is 2.45. The van der Waals surface area contributed by atoms with E-state index in [0.29, 0.717) is 36.8 Å². The minimum absolute atomic E-state index is 0.418. The van der Waals surface area contributed by atoms with Crippen LogP contribution in [0.1, 0.15) is 36.1 Å². The summed E-state index contributed by atoms with van der Waals surface area (Å²) in [5.41, 5.74) is 1.62. The maximum Gasteiger partial charge on any atom is 0.127 e. The molecule has 5 nitrogen and oxygen atoms in total. The Morgan fingerprint density at radius 2 is 0.765 bits per heavy atom. The van der Waals surface area contributed by atoms with Crippen LogP contribution in [0, 0.1) is 0 Å². The average molecular weight is 705 g/mol. The van der Waals surface area contributed by atoms with Crippen LogP contribution in [-0.2, 0) is 15.9 Å². The largest absolute Gasteiger partial charge is 0.494 e.